The molecule has 0 unspecified atom stereocenters. The molecule has 0 radical (unpaired) electrons. The van der Waals surface area contributed by atoms with Crippen molar-refractivity contribution in [2.75, 3.05) is 45.8 Å². The number of piperazine rings is 1. The van der Waals surface area contributed by atoms with Crippen LogP contribution in [-0.2, 0) is 14.8 Å². The highest BCUT2D eigenvalue weighted by Crippen LogP contribution is 2.36. The highest BCUT2D eigenvalue weighted by Gasteiger charge is 2.34. The lowest BCUT2D eigenvalue weighted by molar-refractivity contribution is -0.135. The first-order valence-corrected chi connectivity index (χ1v) is 12.7. The van der Waals surface area contributed by atoms with Crippen LogP contribution in [0.1, 0.15) is 37.7 Å². The number of piperidine rings is 1. The van der Waals surface area contributed by atoms with Crippen LogP contribution in [0.3, 0.4) is 0 Å². The van der Waals surface area contributed by atoms with Crippen LogP contribution in [-0.4, -0.2) is 74.2 Å². The number of sulfonamides is 1. The molecule has 2 atom stereocenters. The molecule has 2 heterocycles. The number of amides is 1. The zero-order chi connectivity index (χ0) is 21.0. The van der Waals surface area contributed by atoms with Crippen molar-refractivity contribution in [2.24, 2.45) is 11.8 Å². The van der Waals surface area contributed by atoms with Crippen molar-refractivity contribution in [3.63, 3.8) is 0 Å². The van der Waals surface area contributed by atoms with Crippen LogP contribution in [0, 0.1) is 11.8 Å². The van der Waals surface area contributed by atoms with Gasteiger partial charge in [-0.3, -0.25) is 9.69 Å². The van der Waals surface area contributed by atoms with Crippen LogP contribution >= 0.6 is 0 Å². The van der Waals surface area contributed by atoms with Crippen molar-refractivity contribution in [3.8, 4) is 0 Å². The van der Waals surface area contributed by atoms with E-state index in [1.54, 1.807) is 6.08 Å². The highest BCUT2D eigenvalue weighted by atomic mass is 32.2. The molecule has 1 amide bonds. The Hall–Kier alpha value is -1.70. The van der Waals surface area contributed by atoms with E-state index < -0.39 is 10.0 Å². The molecule has 0 aromatic heterocycles. The second-order valence-corrected chi connectivity index (χ2v) is 10.7. The number of likely N-dealkylation sites (tertiary alicyclic amines) is 1. The maximum atomic E-state index is 12.8. The van der Waals surface area contributed by atoms with E-state index in [9.17, 15) is 13.2 Å². The molecule has 2 saturated heterocycles. The largest absolute Gasteiger partial charge is 0.341 e. The maximum Gasteiger partial charge on any atom is 0.236 e. The highest BCUT2D eigenvalue weighted by molar-refractivity contribution is 7.92. The molecule has 1 aromatic carbocycles. The van der Waals surface area contributed by atoms with E-state index in [2.05, 4.69) is 9.80 Å². The van der Waals surface area contributed by atoms with Crippen molar-refractivity contribution in [2.45, 2.75) is 32.1 Å². The van der Waals surface area contributed by atoms with Crippen molar-refractivity contribution in [3.05, 3.63) is 41.3 Å². The molecule has 1 aromatic rings. The quantitative estimate of drug-likeness (QED) is 0.719. The van der Waals surface area contributed by atoms with Gasteiger partial charge >= 0.3 is 0 Å². The lowest BCUT2D eigenvalue weighted by Crippen LogP contribution is -2.53. The molecule has 2 aliphatic heterocycles. The summed E-state index contributed by atoms with van der Waals surface area (Å²) in [6.07, 6.45) is 8.04. The molecular formula is C23H33N3O3S. The minimum atomic E-state index is -3.44. The molecule has 3 fully saturated rings. The minimum absolute atomic E-state index is 0.208. The fourth-order valence-corrected chi connectivity index (χ4v) is 6.25. The molecule has 0 bridgehead atoms. The Morgan fingerprint density at radius 2 is 1.63 bits per heavy atom. The lowest BCUT2D eigenvalue weighted by Gasteiger charge is -2.42. The van der Waals surface area contributed by atoms with Gasteiger partial charge in [-0.05, 0) is 36.3 Å². The van der Waals surface area contributed by atoms with Crippen LogP contribution in [0.25, 0.3) is 6.08 Å². The smallest absolute Gasteiger partial charge is 0.236 e. The number of carbonyl (C=O) groups is 1. The van der Waals surface area contributed by atoms with Crippen molar-refractivity contribution >= 4 is 22.0 Å². The van der Waals surface area contributed by atoms with Crippen LogP contribution in [0.4, 0.5) is 0 Å². The average Bonchev–Trinajstić information content (AvgIpc) is 2.78. The van der Waals surface area contributed by atoms with Gasteiger partial charge in [0, 0.05) is 44.7 Å². The number of nitrogens with zero attached hydrogens (tertiary/aromatic N) is 3. The SMILES string of the molecule is O=C(CN1CCN(S(=O)(=O)/C=C/c2ccccc2)CC1)N1CC[C@H]2CCCC[C@H]2C1. The number of fused-ring (bicyclic) bond motifs is 1. The fourth-order valence-electron chi connectivity index (χ4n) is 5.08. The van der Waals surface area contributed by atoms with Crippen LogP contribution in [0.15, 0.2) is 35.7 Å². The standard InChI is InChI=1S/C23H33N3O3S/c27-23(25-12-10-21-8-4-5-9-22(21)18-25)19-24-13-15-26(16-14-24)30(28,29)17-11-20-6-2-1-3-7-20/h1-3,6-7,11,17,21-22H,4-5,8-10,12-16,18-19H2/b17-11+/t21-,22+/m1/s1. The number of benzene rings is 1. The number of rotatable bonds is 5. The zero-order valence-corrected chi connectivity index (χ0v) is 18.5. The molecule has 7 heteroatoms. The van der Waals surface area contributed by atoms with Gasteiger partial charge in [0.05, 0.1) is 6.54 Å². The monoisotopic (exact) mass is 431 g/mol. The Bertz CT molecular complexity index is 848. The van der Waals surface area contributed by atoms with E-state index in [1.807, 2.05) is 30.3 Å². The zero-order valence-electron chi connectivity index (χ0n) is 17.7. The average molecular weight is 432 g/mol. The number of hydrogen-bond donors (Lipinski definition) is 0. The summed E-state index contributed by atoms with van der Waals surface area (Å²) in [4.78, 5) is 17.0. The number of carbonyl (C=O) groups excluding carboxylic acids is 1. The van der Waals surface area contributed by atoms with Crippen molar-refractivity contribution < 1.29 is 13.2 Å². The predicted octanol–water partition coefficient (Wildman–Crippen LogP) is 2.64. The Morgan fingerprint density at radius 3 is 2.37 bits per heavy atom. The molecule has 30 heavy (non-hydrogen) atoms. The third-order valence-corrected chi connectivity index (χ3v) is 8.49. The molecule has 0 spiro atoms. The van der Waals surface area contributed by atoms with Gasteiger partial charge in [0.1, 0.15) is 0 Å². The van der Waals surface area contributed by atoms with E-state index in [-0.39, 0.29) is 5.91 Å². The van der Waals surface area contributed by atoms with Gasteiger partial charge in [0.25, 0.3) is 0 Å². The molecule has 6 nitrogen and oxygen atoms in total. The molecular weight excluding hydrogens is 398 g/mol. The molecule has 1 aliphatic carbocycles. The van der Waals surface area contributed by atoms with E-state index >= 15 is 0 Å². The third kappa shape index (κ3) is 5.31. The second-order valence-electron chi connectivity index (χ2n) is 8.87. The first kappa shape index (κ1) is 21.5. The first-order valence-electron chi connectivity index (χ1n) is 11.2. The van der Waals surface area contributed by atoms with Gasteiger partial charge < -0.3 is 4.90 Å². The summed E-state index contributed by atoms with van der Waals surface area (Å²) in [5.41, 5.74) is 0.868. The summed E-state index contributed by atoms with van der Waals surface area (Å²) < 4.78 is 26.7. The van der Waals surface area contributed by atoms with Gasteiger partial charge in [0.15, 0.2) is 0 Å². The first-order chi connectivity index (χ1) is 14.5. The van der Waals surface area contributed by atoms with E-state index in [0.29, 0.717) is 38.6 Å². The predicted molar refractivity (Wildman–Crippen MR) is 119 cm³/mol. The van der Waals surface area contributed by atoms with Gasteiger partial charge in [-0.25, -0.2) is 8.42 Å². The van der Waals surface area contributed by atoms with E-state index in [1.165, 1.54) is 35.4 Å². The summed E-state index contributed by atoms with van der Waals surface area (Å²) in [7, 11) is -3.44. The molecule has 0 N–H and O–H groups in total. The van der Waals surface area contributed by atoms with Gasteiger partial charge in [0.2, 0.25) is 15.9 Å². The minimum Gasteiger partial charge on any atom is -0.341 e. The molecule has 3 aliphatic rings. The Kier molecular flexibility index (Phi) is 6.91. The van der Waals surface area contributed by atoms with Crippen molar-refractivity contribution in [1.29, 1.82) is 0 Å². The van der Waals surface area contributed by atoms with E-state index in [0.717, 1.165) is 31.0 Å². The fraction of sp³-hybridized carbons (Fsp3) is 0.609. The summed E-state index contributed by atoms with van der Waals surface area (Å²) in [5.74, 6) is 1.72. The molecule has 164 valence electrons. The van der Waals surface area contributed by atoms with Crippen LogP contribution in [0.5, 0.6) is 0 Å². The Labute approximate surface area is 180 Å². The summed E-state index contributed by atoms with van der Waals surface area (Å²) >= 11 is 0. The van der Waals surface area contributed by atoms with E-state index in [4.69, 9.17) is 0 Å². The van der Waals surface area contributed by atoms with Crippen molar-refractivity contribution in [1.82, 2.24) is 14.1 Å². The van der Waals surface area contributed by atoms with Crippen LogP contribution in [0.2, 0.25) is 0 Å². The van der Waals surface area contributed by atoms with Gasteiger partial charge in [-0.1, -0.05) is 49.6 Å². The van der Waals surface area contributed by atoms with Gasteiger partial charge in [-0.2, -0.15) is 4.31 Å². The summed E-state index contributed by atoms with van der Waals surface area (Å²) in [6.45, 7) is 4.28. The summed E-state index contributed by atoms with van der Waals surface area (Å²) in [6, 6.07) is 9.44. The Morgan fingerprint density at radius 1 is 0.933 bits per heavy atom. The topological polar surface area (TPSA) is 60.9 Å². The van der Waals surface area contributed by atoms with Crippen LogP contribution < -0.4 is 0 Å². The summed E-state index contributed by atoms with van der Waals surface area (Å²) in [5, 5.41) is 1.29. The second kappa shape index (κ2) is 9.62. The Balaban J connectivity index is 1.25. The maximum absolute atomic E-state index is 12.8. The molecule has 1 saturated carbocycles. The third-order valence-electron chi connectivity index (χ3n) is 6.93. The van der Waals surface area contributed by atoms with Gasteiger partial charge in [-0.15, -0.1) is 0 Å². The normalized spacial score (nSPS) is 26.6. The number of hydrogen-bond acceptors (Lipinski definition) is 4. The molecule has 4 rings (SSSR count). The lowest BCUT2D eigenvalue weighted by atomic mass is 9.75.